The fraction of sp³-hybridized carbons (Fsp3) is 0.357. The van der Waals surface area contributed by atoms with E-state index in [4.69, 9.17) is 16.3 Å². The minimum Gasteiger partial charge on any atom is -0.388 e. The molecule has 5 nitrogen and oxygen atoms in total. The van der Waals surface area contributed by atoms with E-state index in [1.165, 1.54) is 0 Å². The first kappa shape index (κ1) is 21.8. The van der Waals surface area contributed by atoms with E-state index in [2.05, 4.69) is 12.2 Å². The van der Waals surface area contributed by atoms with Gasteiger partial charge in [-0.15, -0.1) is 0 Å². The molecule has 2 bridgehead atoms. The molecular formula is C28H26ClNO4. The van der Waals surface area contributed by atoms with E-state index >= 15 is 0 Å². The Kier molecular flexibility index (Phi) is 4.73. The quantitative estimate of drug-likeness (QED) is 0.386. The van der Waals surface area contributed by atoms with Crippen LogP contribution in [0.3, 0.4) is 0 Å². The van der Waals surface area contributed by atoms with Gasteiger partial charge in [0.05, 0.1) is 39.6 Å². The van der Waals surface area contributed by atoms with E-state index in [1.54, 1.807) is 12.1 Å². The Hall–Kier alpha value is -2.73. The van der Waals surface area contributed by atoms with Crippen molar-refractivity contribution in [3.63, 3.8) is 0 Å². The smallest absolute Gasteiger partial charge is 0.196 e. The van der Waals surface area contributed by atoms with Crippen molar-refractivity contribution >= 4 is 39.6 Å². The van der Waals surface area contributed by atoms with Crippen molar-refractivity contribution in [2.24, 2.45) is 0 Å². The number of nitrogens with one attached hydrogen (secondary N) is 1. The van der Waals surface area contributed by atoms with Gasteiger partial charge in [0.25, 0.3) is 0 Å². The van der Waals surface area contributed by atoms with Crippen LogP contribution in [0.15, 0.2) is 36.4 Å². The Morgan fingerprint density at radius 1 is 1.12 bits per heavy atom. The molecule has 2 aliphatic heterocycles. The Balaban J connectivity index is 1.61. The van der Waals surface area contributed by atoms with Crippen molar-refractivity contribution in [2.75, 3.05) is 5.32 Å². The van der Waals surface area contributed by atoms with Crippen molar-refractivity contribution in [3.05, 3.63) is 74.8 Å². The van der Waals surface area contributed by atoms with Crippen LogP contribution >= 0.6 is 11.6 Å². The molecular weight excluding hydrogens is 450 g/mol. The van der Waals surface area contributed by atoms with E-state index < -0.39 is 11.6 Å². The molecule has 34 heavy (non-hydrogen) atoms. The SMILES string of the molecule is CCCC12CC(OC(C)C1O)c1cc(Cl)c3c(c1N2)C(=O)c1ccc2cc(C)ccc2c1C3=O. The van der Waals surface area contributed by atoms with Crippen molar-refractivity contribution in [2.45, 2.75) is 63.9 Å². The molecule has 2 N–H and O–H groups in total. The minimum absolute atomic E-state index is 0.229. The molecule has 3 aromatic carbocycles. The number of ether oxygens (including phenoxy) is 1. The summed E-state index contributed by atoms with van der Waals surface area (Å²) in [5.41, 5.74) is 3.11. The molecule has 0 amide bonds. The van der Waals surface area contributed by atoms with Gasteiger partial charge in [-0.2, -0.15) is 0 Å². The number of carbonyl (C=O) groups excluding carboxylic acids is 2. The Bertz CT molecular complexity index is 1410. The highest BCUT2D eigenvalue weighted by molar-refractivity contribution is 6.41. The van der Waals surface area contributed by atoms with E-state index in [0.29, 0.717) is 28.8 Å². The monoisotopic (exact) mass is 475 g/mol. The van der Waals surface area contributed by atoms with Gasteiger partial charge in [-0.1, -0.05) is 54.8 Å². The van der Waals surface area contributed by atoms with Crippen LogP contribution in [0.5, 0.6) is 0 Å². The van der Waals surface area contributed by atoms with Crippen LogP contribution < -0.4 is 5.32 Å². The number of aryl methyl sites for hydroxylation is 1. The van der Waals surface area contributed by atoms with Crippen LogP contribution in [0, 0.1) is 6.92 Å². The number of hydrogen-bond donors (Lipinski definition) is 2. The topological polar surface area (TPSA) is 75.6 Å². The zero-order valence-corrected chi connectivity index (χ0v) is 20.1. The summed E-state index contributed by atoms with van der Waals surface area (Å²) in [7, 11) is 0. The van der Waals surface area contributed by atoms with Crippen LogP contribution in [-0.2, 0) is 4.74 Å². The van der Waals surface area contributed by atoms with Crippen LogP contribution in [0.4, 0.5) is 5.69 Å². The Morgan fingerprint density at radius 2 is 1.91 bits per heavy atom. The average molecular weight is 476 g/mol. The van der Waals surface area contributed by atoms with E-state index in [1.807, 2.05) is 38.1 Å². The third-order valence-corrected chi connectivity index (χ3v) is 8.07. The number of aliphatic hydroxyl groups is 1. The molecule has 1 aliphatic carbocycles. The summed E-state index contributed by atoms with van der Waals surface area (Å²) in [4.78, 5) is 27.8. The van der Waals surface area contributed by atoms with Gasteiger partial charge in [0, 0.05) is 23.1 Å². The molecule has 1 saturated heterocycles. The van der Waals surface area contributed by atoms with Gasteiger partial charge in [-0.05, 0) is 43.2 Å². The van der Waals surface area contributed by atoms with Crippen molar-refractivity contribution in [1.29, 1.82) is 0 Å². The van der Waals surface area contributed by atoms with Gasteiger partial charge in [0.15, 0.2) is 11.6 Å². The van der Waals surface area contributed by atoms with E-state index in [-0.39, 0.29) is 34.4 Å². The standard InChI is InChI=1S/C28H26ClNO4/c1-4-9-28-12-20(34-14(3)27(28)33)18-11-19(29)22-23(24(18)30-28)25(31)17-8-6-15-10-13(2)5-7-16(15)21(17)26(22)32/h5-8,10-11,14,20,27,30,33H,4,9,12H2,1-3H3. The summed E-state index contributed by atoms with van der Waals surface area (Å²) in [5, 5.41) is 16.6. The summed E-state index contributed by atoms with van der Waals surface area (Å²) in [6.45, 7) is 5.94. The molecule has 0 saturated carbocycles. The molecule has 4 unspecified atom stereocenters. The Morgan fingerprint density at radius 3 is 2.68 bits per heavy atom. The average Bonchev–Trinajstić information content (AvgIpc) is 2.80. The molecule has 174 valence electrons. The van der Waals surface area contributed by atoms with Gasteiger partial charge in [0.1, 0.15) is 6.10 Å². The number of hydrogen-bond acceptors (Lipinski definition) is 5. The highest BCUT2D eigenvalue weighted by Gasteiger charge is 2.52. The Labute approximate surface area is 203 Å². The molecule has 2 heterocycles. The van der Waals surface area contributed by atoms with Gasteiger partial charge in [-0.3, -0.25) is 9.59 Å². The zero-order chi connectivity index (χ0) is 23.9. The van der Waals surface area contributed by atoms with Gasteiger partial charge in [0.2, 0.25) is 0 Å². The third-order valence-electron chi connectivity index (χ3n) is 7.77. The summed E-state index contributed by atoms with van der Waals surface area (Å²) in [6, 6.07) is 11.3. The highest BCUT2D eigenvalue weighted by atomic mass is 35.5. The number of carbonyl (C=O) groups is 2. The first-order valence-electron chi connectivity index (χ1n) is 11.9. The molecule has 1 fully saturated rings. The normalized spacial score (nSPS) is 27.1. The lowest BCUT2D eigenvalue weighted by Gasteiger charge is -2.53. The lowest BCUT2D eigenvalue weighted by Crippen LogP contribution is -2.61. The van der Waals surface area contributed by atoms with Crippen LogP contribution in [0.25, 0.3) is 10.8 Å². The van der Waals surface area contributed by atoms with Crippen molar-refractivity contribution < 1.29 is 19.4 Å². The van der Waals surface area contributed by atoms with Crippen LogP contribution in [-0.4, -0.2) is 34.4 Å². The zero-order valence-electron chi connectivity index (χ0n) is 19.4. The second kappa shape index (κ2) is 7.38. The number of rotatable bonds is 2. The number of anilines is 1. The first-order chi connectivity index (χ1) is 16.3. The largest absolute Gasteiger partial charge is 0.388 e. The number of ketones is 2. The molecule has 0 radical (unpaired) electrons. The van der Waals surface area contributed by atoms with E-state index in [0.717, 1.165) is 34.7 Å². The summed E-state index contributed by atoms with van der Waals surface area (Å²) in [6.07, 6.45) is 0.740. The highest BCUT2D eigenvalue weighted by Crippen LogP contribution is 2.52. The van der Waals surface area contributed by atoms with Crippen LogP contribution in [0.2, 0.25) is 5.02 Å². The van der Waals surface area contributed by atoms with Crippen molar-refractivity contribution in [1.82, 2.24) is 0 Å². The fourth-order valence-electron chi connectivity index (χ4n) is 6.25. The molecule has 3 aliphatic rings. The number of aliphatic hydroxyl groups excluding tert-OH is 1. The lowest BCUT2D eigenvalue weighted by atomic mass is 9.71. The number of halogens is 1. The summed E-state index contributed by atoms with van der Waals surface area (Å²) in [5.74, 6) is -0.476. The molecule has 6 rings (SSSR count). The van der Waals surface area contributed by atoms with Crippen molar-refractivity contribution in [3.8, 4) is 0 Å². The number of fused-ring (bicyclic) bond motifs is 9. The maximum Gasteiger partial charge on any atom is 0.196 e. The maximum atomic E-state index is 14.0. The predicted molar refractivity (Wildman–Crippen MR) is 132 cm³/mol. The molecule has 0 aromatic heterocycles. The second-order valence-corrected chi connectivity index (χ2v) is 10.4. The third kappa shape index (κ3) is 2.81. The molecule has 3 aromatic rings. The lowest BCUT2D eigenvalue weighted by molar-refractivity contribution is -0.147. The molecule has 4 atom stereocenters. The molecule has 6 heteroatoms. The van der Waals surface area contributed by atoms with Crippen LogP contribution in [0.1, 0.15) is 82.2 Å². The fourth-order valence-corrected chi connectivity index (χ4v) is 6.55. The summed E-state index contributed by atoms with van der Waals surface area (Å²) < 4.78 is 6.17. The predicted octanol–water partition coefficient (Wildman–Crippen LogP) is 5.75. The summed E-state index contributed by atoms with van der Waals surface area (Å²) >= 11 is 6.71. The van der Waals surface area contributed by atoms with Gasteiger partial charge < -0.3 is 15.2 Å². The maximum absolute atomic E-state index is 14.0. The number of benzene rings is 3. The first-order valence-corrected chi connectivity index (χ1v) is 12.2. The minimum atomic E-state index is -0.739. The second-order valence-electron chi connectivity index (χ2n) is 9.95. The van der Waals surface area contributed by atoms with Gasteiger partial charge in [-0.25, -0.2) is 0 Å². The van der Waals surface area contributed by atoms with Gasteiger partial charge >= 0.3 is 0 Å². The molecule has 0 spiro atoms. The van der Waals surface area contributed by atoms with E-state index in [9.17, 15) is 14.7 Å².